The predicted molar refractivity (Wildman–Crippen MR) is 68.1 cm³/mol. The van der Waals surface area contributed by atoms with E-state index in [2.05, 4.69) is 46.5 Å². The number of benzene rings is 1. The maximum atomic E-state index is 4.51. The van der Waals surface area contributed by atoms with Crippen molar-refractivity contribution < 1.29 is 0 Å². The van der Waals surface area contributed by atoms with Crippen LogP contribution in [-0.4, -0.2) is 44.5 Å². The molecule has 1 aliphatic rings. The Bertz CT molecular complexity index is 367. The van der Waals surface area contributed by atoms with E-state index in [0.717, 1.165) is 31.9 Å². The molecule has 0 saturated heterocycles. The van der Waals surface area contributed by atoms with Crippen molar-refractivity contribution in [3.05, 3.63) is 35.4 Å². The van der Waals surface area contributed by atoms with E-state index in [9.17, 15) is 0 Å². The van der Waals surface area contributed by atoms with Gasteiger partial charge < -0.3 is 10.2 Å². The average molecular weight is 217 g/mol. The van der Waals surface area contributed by atoms with Gasteiger partial charge in [0.05, 0.1) is 6.54 Å². The summed E-state index contributed by atoms with van der Waals surface area (Å²) in [5.74, 6) is 1.13. The van der Waals surface area contributed by atoms with Crippen molar-refractivity contribution in [2.24, 2.45) is 4.99 Å². The summed E-state index contributed by atoms with van der Waals surface area (Å²) in [5.41, 5.74) is 2.60. The Hall–Kier alpha value is -1.35. The molecule has 3 heteroatoms. The maximum Gasteiger partial charge on any atom is 0.130 e. The Morgan fingerprint density at radius 2 is 2.06 bits per heavy atom. The van der Waals surface area contributed by atoms with E-state index in [1.165, 1.54) is 11.1 Å². The summed E-state index contributed by atoms with van der Waals surface area (Å²) in [6, 6.07) is 8.74. The van der Waals surface area contributed by atoms with Crippen LogP contribution in [0.2, 0.25) is 0 Å². The van der Waals surface area contributed by atoms with Gasteiger partial charge in [0.25, 0.3) is 0 Å². The van der Waals surface area contributed by atoms with Gasteiger partial charge in [-0.3, -0.25) is 4.99 Å². The molecule has 1 aromatic carbocycles. The summed E-state index contributed by atoms with van der Waals surface area (Å²) in [4.78, 5) is 6.72. The lowest BCUT2D eigenvalue weighted by molar-refractivity contribution is 0.557. The third kappa shape index (κ3) is 2.42. The second kappa shape index (κ2) is 5.12. The van der Waals surface area contributed by atoms with Crippen LogP contribution in [-0.2, 0) is 6.42 Å². The molecule has 1 aliphatic heterocycles. The van der Waals surface area contributed by atoms with Crippen molar-refractivity contribution in [1.82, 2.24) is 10.2 Å². The molecule has 1 N–H and O–H groups in total. The lowest BCUT2D eigenvalue weighted by Gasteiger charge is -2.13. The third-order valence-electron chi connectivity index (χ3n) is 2.93. The van der Waals surface area contributed by atoms with Crippen molar-refractivity contribution in [2.75, 3.05) is 33.7 Å². The first-order valence-electron chi connectivity index (χ1n) is 5.81. The normalized spacial score (nSPS) is 15.4. The molecular weight excluding hydrogens is 198 g/mol. The minimum absolute atomic E-state index is 0.924. The first kappa shape index (κ1) is 11.1. The topological polar surface area (TPSA) is 27.6 Å². The first-order valence-corrected chi connectivity index (χ1v) is 5.81. The highest BCUT2D eigenvalue weighted by molar-refractivity contribution is 5.99. The lowest BCUT2D eigenvalue weighted by atomic mass is 10.1. The highest BCUT2D eigenvalue weighted by Crippen LogP contribution is 2.11. The molecule has 0 amide bonds. The standard InChI is InChI=1S/C13H19N3/c1-14-8-7-11-3-5-12(6-4-11)13-15-9-10-16(13)2/h3-6,14H,7-10H2,1-2H3. The Balaban J connectivity index is 2.07. The molecule has 0 bridgehead atoms. The first-order chi connectivity index (χ1) is 7.81. The Morgan fingerprint density at radius 1 is 1.31 bits per heavy atom. The number of likely N-dealkylation sites (N-methyl/N-ethyl adjacent to an activating group) is 2. The van der Waals surface area contributed by atoms with Crippen LogP contribution in [0.15, 0.2) is 29.3 Å². The molecule has 2 rings (SSSR count). The van der Waals surface area contributed by atoms with Crippen LogP contribution in [0.3, 0.4) is 0 Å². The molecule has 0 spiro atoms. The van der Waals surface area contributed by atoms with Gasteiger partial charge in [-0.05, 0) is 25.6 Å². The van der Waals surface area contributed by atoms with Gasteiger partial charge >= 0.3 is 0 Å². The zero-order chi connectivity index (χ0) is 11.4. The van der Waals surface area contributed by atoms with E-state index in [1.54, 1.807) is 0 Å². The molecule has 0 saturated carbocycles. The molecule has 0 atom stereocenters. The minimum Gasteiger partial charge on any atom is -0.358 e. The highest BCUT2D eigenvalue weighted by Gasteiger charge is 2.13. The molecule has 16 heavy (non-hydrogen) atoms. The largest absolute Gasteiger partial charge is 0.358 e. The van der Waals surface area contributed by atoms with Gasteiger partial charge in [0.15, 0.2) is 0 Å². The Morgan fingerprint density at radius 3 is 2.62 bits per heavy atom. The van der Waals surface area contributed by atoms with E-state index in [-0.39, 0.29) is 0 Å². The minimum atomic E-state index is 0.924. The number of hydrogen-bond acceptors (Lipinski definition) is 3. The third-order valence-corrected chi connectivity index (χ3v) is 2.93. The van der Waals surface area contributed by atoms with Crippen LogP contribution in [0, 0.1) is 0 Å². The summed E-state index contributed by atoms with van der Waals surface area (Å²) >= 11 is 0. The average Bonchev–Trinajstić information content (AvgIpc) is 2.74. The number of aliphatic imine (C=N–C) groups is 1. The molecule has 1 aromatic rings. The molecule has 0 aliphatic carbocycles. The molecular formula is C13H19N3. The fourth-order valence-electron chi connectivity index (χ4n) is 1.93. The fourth-order valence-corrected chi connectivity index (χ4v) is 1.93. The molecule has 0 aromatic heterocycles. The van der Waals surface area contributed by atoms with Gasteiger partial charge in [-0.2, -0.15) is 0 Å². The quantitative estimate of drug-likeness (QED) is 0.819. The monoisotopic (exact) mass is 217 g/mol. The number of rotatable bonds is 4. The van der Waals surface area contributed by atoms with E-state index in [0.29, 0.717) is 0 Å². The van der Waals surface area contributed by atoms with Crippen LogP contribution in [0.25, 0.3) is 0 Å². The van der Waals surface area contributed by atoms with Gasteiger partial charge in [0.1, 0.15) is 5.84 Å². The SMILES string of the molecule is CNCCc1ccc(C2=NCCN2C)cc1. The molecule has 0 fully saturated rings. The molecule has 0 unspecified atom stereocenters. The molecule has 0 radical (unpaired) electrons. The van der Waals surface area contributed by atoms with E-state index < -0.39 is 0 Å². The number of nitrogens with zero attached hydrogens (tertiary/aromatic N) is 2. The zero-order valence-corrected chi connectivity index (χ0v) is 10.0. The van der Waals surface area contributed by atoms with Gasteiger partial charge in [0.2, 0.25) is 0 Å². The maximum absolute atomic E-state index is 4.51. The van der Waals surface area contributed by atoms with Crippen LogP contribution in [0.5, 0.6) is 0 Å². The second-order valence-electron chi connectivity index (χ2n) is 4.18. The Kier molecular flexibility index (Phi) is 3.57. The van der Waals surface area contributed by atoms with Gasteiger partial charge in [-0.25, -0.2) is 0 Å². The van der Waals surface area contributed by atoms with E-state index >= 15 is 0 Å². The van der Waals surface area contributed by atoms with Crippen LogP contribution >= 0.6 is 0 Å². The molecule has 3 nitrogen and oxygen atoms in total. The van der Waals surface area contributed by atoms with Gasteiger partial charge in [0, 0.05) is 19.2 Å². The summed E-state index contributed by atoms with van der Waals surface area (Å²) in [5, 5.41) is 3.16. The number of amidine groups is 1. The van der Waals surface area contributed by atoms with Crippen molar-refractivity contribution in [2.45, 2.75) is 6.42 Å². The van der Waals surface area contributed by atoms with Crippen LogP contribution in [0.1, 0.15) is 11.1 Å². The van der Waals surface area contributed by atoms with Crippen molar-refractivity contribution in [3.63, 3.8) is 0 Å². The van der Waals surface area contributed by atoms with Crippen molar-refractivity contribution in [3.8, 4) is 0 Å². The number of nitrogens with one attached hydrogen (secondary N) is 1. The van der Waals surface area contributed by atoms with E-state index in [1.807, 2.05) is 7.05 Å². The van der Waals surface area contributed by atoms with Crippen LogP contribution < -0.4 is 5.32 Å². The van der Waals surface area contributed by atoms with Gasteiger partial charge in [-0.1, -0.05) is 24.3 Å². The summed E-state index contributed by atoms with van der Waals surface area (Å²) in [6.07, 6.45) is 1.08. The zero-order valence-electron chi connectivity index (χ0n) is 10.0. The molecule has 1 heterocycles. The lowest BCUT2D eigenvalue weighted by Crippen LogP contribution is -2.23. The smallest absolute Gasteiger partial charge is 0.130 e. The highest BCUT2D eigenvalue weighted by atomic mass is 15.2. The summed E-state index contributed by atoms with van der Waals surface area (Å²) < 4.78 is 0. The van der Waals surface area contributed by atoms with Gasteiger partial charge in [-0.15, -0.1) is 0 Å². The second-order valence-corrected chi connectivity index (χ2v) is 4.18. The summed E-state index contributed by atoms with van der Waals surface area (Å²) in [7, 11) is 4.08. The van der Waals surface area contributed by atoms with Crippen molar-refractivity contribution >= 4 is 5.84 Å². The fraction of sp³-hybridized carbons (Fsp3) is 0.462. The summed E-state index contributed by atoms with van der Waals surface area (Å²) in [6.45, 7) is 2.99. The molecule has 86 valence electrons. The van der Waals surface area contributed by atoms with E-state index in [4.69, 9.17) is 0 Å². The van der Waals surface area contributed by atoms with Crippen molar-refractivity contribution in [1.29, 1.82) is 0 Å². The Labute approximate surface area is 97.2 Å². The van der Waals surface area contributed by atoms with Crippen LogP contribution in [0.4, 0.5) is 0 Å². The number of hydrogen-bond donors (Lipinski definition) is 1. The predicted octanol–water partition coefficient (Wildman–Crippen LogP) is 1.14.